The van der Waals surface area contributed by atoms with Crippen molar-refractivity contribution in [3.05, 3.63) is 11.6 Å². The molecule has 2 atom stereocenters. The lowest BCUT2D eigenvalue weighted by Crippen LogP contribution is -2.52. The predicted molar refractivity (Wildman–Crippen MR) is 98.8 cm³/mol. The fraction of sp³-hybridized carbons (Fsp3) is 0.833. The molecule has 0 spiro atoms. The molecule has 6 nitrogen and oxygen atoms in total. The lowest BCUT2D eigenvalue weighted by Gasteiger charge is -2.39. The summed E-state index contributed by atoms with van der Waals surface area (Å²) in [4.78, 5) is 20.1. The number of carbonyl (C=O) groups excluding carboxylic acids is 1. The lowest BCUT2D eigenvalue weighted by atomic mass is 9.97. The van der Waals surface area contributed by atoms with Gasteiger partial charge in [-0.15, -0.1) is 12.4 Å². The van der Waals surface area contributed by atoms with Gasteiger partial charge in [0.1, 0.15) is 5.82 Å². The second-order valence-electron chi connectivity index (χ2n) is 8.01. The number of hydrogen-bond donors (Lipinski definition) is 1. The third-order valence-corrected chi connectivity index (χ3v) is 5.47. The summed E-state index contributed by atoms with van der Waals surface area (Å²) in [5.74, 6) is 3.37. The van der Waals surface area contributed by atoms with Crippen LogP contribution >= 0.6 is 12.4 Å². The minimum absolute atomic E-state index is 0. The number of piperidine rings is 1. The number of nitrogens with zero attached hydrogens (tertiary/aromatic N) is 4. The highest BCUT2D eigenvalue weighted by Gasteiger charge is 2.38. The van der Waals surface area contributed by atoms with Gasteiger partial charge >= 0.3 is 0 Å². The van der Waals surface area contributed by atoms with E-state index in [1.54, 1.807) is 0 Å². The molecule has 4 rings (SSSR count). The molecular formula is C18H30ClN5O. The molecule has 1 N–H and O–H groups in total. The second-order valence-corrected chi connectivity index (χ2v) is 8.01. The molecule has 2 fully saturated rings. The van der Waals surface area contributed by atoms with Crippen molar-refractivity contribution < 1.29 is 4.79 Å². The second kappa shape index (κ2) is 7.62. The maximum absolute atomic E-state index is 13.1. The number of rotatable bonds is 4. The SMILES string of the molecule is CC(C)C[C@H]1c2nc(C3CC3)nn2CCN1C(=O)[C@H]1CCCCN1.Cl. The van der Waals surface area contributed by atoms with E-state index in [9.17, 15) is 4.79 Å². The van der Waals surface area contributed by atoms with Crippen LogP contribution in [0.4, 0.5) is 0 Å². The molecule has 1 saturated heterocycles. The van der Waals surface area contributed by atoms with Gasteiger partial charge in [0.15, 0.2) is 5.82 Å². The molecule has 3 heterocycles. The van der Waals surface area contributed by atoms with E-state index in [1.807, 2.05) is 0 Å². The molecule has 0 aromatic carbocycles. The van der Waals surface area contributed by atoms with Crippen molar-refractivity contribution in [3.8, 4) is 0 Å². The van der Waals surface area contributed by atoms with E-state index in [0.717, 1.165) is 50.5 Å². The van der Waals surface area contributed by atoms with Gasteiger partial charge in [0.25, 0.3) is 0 Å². The third-order valence-electron chi connectivity index (χ3n) is 5.47. The monoisotopic (exact) mass is 367 g/mol. The molecule has 1 aliphatic carbocycles. The number of halogens is 1. The smallest absolute Gasteiger partial charge is 0.240 e. The Balaban J connectivity index is 0.00000182. The number of fused-ring (bicyclic) bond motifs is 1. The summed E-state index contributed by atoms with van der Waals surface area (Å²) in [5, 5.41) is 8.14. The maximum atomic E-state index is 13.1. The van der Waals surface area contributed by atoms with Crippen molar-refractivity contribution >= 4 is 18.3 Å². The summed E-state index contributed by atoms with van der Waals surface area (Å²) in [7, 11) is 0. The van der Waals surface area contributed by atoms with Gasteiger partial charge in [0.2, 0.25) is 5.91 Å². The van der Waals surface area contributed by atoms with Gasteiger partial charge in [-0.25, -0.2) is 9.67 Å². The fourth-order valence-corrected chi connectivity index (χ4v) is 4.00. The van der Waals surface area contributed by atoms with Crippen LogP contribution in [-0.4, -0.2) is 44.7 Å². The molecule has 2 aliphatic heterocycles. The van der Waals surface area contributed by atoms with Crippen LogP contribution in [0.25, 0.3) is 0 Å². The van der Waals surface area contributed by atoms with Gasteiger partial charge in [0.05, 0.1) is 18.6 Å². The zero-order valence-corrected chi connectivity index (χ0v) is 16.1. The fourth-order valence-electron chi connectivity index (χ4n) is 4.00. The van der Waals surface area contributed by atoms with Crippen LogP contribution in [0.5, 0.6) is 0 Å². The minimum Gasteiger partial charge on any atom is -0.329 e. The molecule has 3 aliphatic rings. The average Bonchev–Trinajstić information content (AvgIpc) is 3.34. The minimum atomic E-state index is -0.00853. The third kappa shape index (κ3) is 3.85. The van der Waals surface area contributed by atoms with Gasteiger partial charge < -0.3 is 10.2 Å². The van der Waals surface area contributed by atoms with Crippen LogP contribution in [0.2, 0.25) is 0 Å². The molecule has 1 amide bonds. The number of nitrogens with one attached hydrogen (secondary N) is 1. The van der Waals surface area contributed by atoms with E-state index in [4.69, 9.17) is 10.1 Å². The summed E-state index contributed by atoms with van der Waals surface area (Å²) in [6.07, 6.45) is 6.68. The standard InChI is InChI=1S/C18H29N5O.ClH/c1-12(2)11-15-17-20-16(13-6-7-13)21-23(17)10-9-22(15)18(24)14-5-3-4-8-19-14;/h12-15,19H,3-11H2,1-2H3;1H/t14-,15+;/m1./s1. The summed E-state index contributed by atoms with van der Waals surface area (Å²) in [6.45, 7) is 6.94. The van der Waals surface area contributed by atoms with Crippen LogP contribution in [0.3, 0.4) is 0 Å². The number of carbonyl (C=O) groups is 1. The Morgan fingerprint density at radius 1 is 1.24 bits per heavy atom. The number of hydrogen-bond acceptors (Lipinski definition) is 4. The molecular weight excluding hydrogens is 338 g/mol. The zero-order valence-electron chi connectivity index (χ0n) is 15.3. The molecule has 0 bridgehead atoms. The van der Waals surface area contributed by atoms with Crippen LogP contribution in [0.1, 0.15) is 76.0 Å². The van der Waals surface area contributed by atoms with Crippen molar-refractivity contribution in [2.24, 2.45) is 5.92 Å². The van der Waals surface area contributed by atoms with Crippen molar-refractivity contribution in [2.45, 2.75) is 76.9 Å². The van der Waals surface area contributed by atoms with Crippen LogP contribution in [-0.2, 0) is 11.3 Å². The van der Waals surface area contributed by atoms with E-state index in [0.29, 0.717) is 11.8 Å². The van der Waals surface area contributed by atoms with Crippen molar-refractivity contribution in [3.63, 3.8) is 0 Å². The van der Waals surface area contributed by atoms with Gasteiger partial charge in [-0.2, -0.15) is 5.10 Å². The molecule has 0 unspecified atom stereocenters. The van der Waals surface area contributed by atoms with Crippen molar-refractivity contribution in [2.75, 3.05) is 13.1 Å². The van der Waals surface area contributed by atoms with Gasteiger partial charge in [0, 0.05) is 12.5 Å². The van der Waals surface area contributed by atoms with E-state index >= 15 is 0 Å². The van der Waals surface area contributed by atoms with Crippen molar-refractivity contribution in [1.82, 2.24) is 25.0 Å². The molecule has 1 saturated carbocycles. The zero-order chi connectivity index (χ0) is 16.7. The Morgan fingerprint density at radius 3 is 2.68 bits per heavy atom. The first kappa shape index (κ1) is 18.6. The highest BCUT2D eigenvalue weighted by atomic mass is 35.5. The van der Waals surface area contributed by atoms with Crippen LogP contribution in [0, 0.1) is 5.92 Å². The molecule has 7 heteroatoms. The van der Waals surface area contributed by atoms with Gasteiger partial charge in [-0.05, 0) is 44.6 Å². The maximum Gasteiger partial charge on any atom is 0.240 e. The Hall–Kier alpha value is -1.14. The molecule has 1 aromatic heterocycles. The lowest BCUT2D eigenvalue weighted by molar-refractivity contribution is -0.138. The predicted octanol–water partition coefficient (Wildman–Crippen LogP) is 2.65. The highest BCUT2D eigenvalue weighted by Crippen LogP contribution is 2.40. The summed E-state index contributed by atoms with van der Waals surface area (Å²) < 4.78 is 2.07. The Morgan fingerprint density at radius 2 is 2.04 bits per heavy atom. The summed E-state index contributed by atoms with van der Waals surface area (Å²) in [6, 6.07) is 0.0702. The summed E-state index contributed by atoms with van der Waals surface area (Å²) in [5.41, 5.74) is 0. The topological polar surface area (TPSA) is 63.1 Å². The Labute approximate surface area is 156 Å². The summed E-state index contributed by atoms with van der Waals surface area (Å²) >= 11 is 0. The first-order chi connectivity index (χ1) is 11.6. The highest BCUT2D eigenvalue weighted by molar-refractivity contribution is 5.85. The van der Waals surface area contributed by atoms with Crippen LogP contribution < -0.4 is 5.32 Å². The quantitative estimate of drug-likeness (QED) is 0.888. The molecule has 1 aromatic rings. The molecule has 0 radical (unpaired) electrons. The van der Waals surface area contributed by atoms with Crippen LogP contribution in [0.15, 0.2) is 0 Å². The average molecular weight is 368 g/mol. The van der Waals surface area contributed by atoms with Gasteiger partial charge in [-0.3, -0.25) is 4.79 Å². The van der Waals surface area contributed by atoms with E-state index in [2.05, 4.69) is 28.7 Å². The first-order valence-corrected chi connectivity index (χ1v) is 9.62. The molecule has 140 valence electrons. The number of aromatic nitrogens is 3. The van der Waals surface area contributed by atoms with E-state index in [1.165, 1.54) is 19.3 Å². The number of amides is 1. The van der Waals surface area contributed by atoms with E-state index < -0.39 is 0 Å². The molecule has 25 heavy (non-hydrogen) atoms. The normalized spacial score (nSPS) is 26.3. The Bertz CT molecular complexity index is 607. The first-order valence-electron chi connectivity index (χ1n) is 9.62. The van der Waals surface area contributed by atoms with Gasteiger partial charge in [-0.1, -0.05) is 20.3 Å². The Kier molecular flexibility index (Phi) is 5.68. The van der Waals surface area contributed by atoms with E-state index in [-0.39, 0.29) is 30.4 Å². The van der Waals surface area contributed by atoms with Crippen molar-refractivity contribution in [1.29, 1.82) is 0 Å². The largest absolute Gasteiger partial charge is 0.329 e.